The van der Waals surface area contributed by atoms with Gasteiger partial charge in [0.15, 0.2) is 0 Å². The molecule has 0 amide bonds. The molecule has 0 unspecified atom stereocenters. The number of nitrogens with zero attached hydrogens (tertiary/aromatic N) is 2. The molecule has 0 aliphatic heterocycles. The minimum Gasteiger partial charge on any atom is -0.465 e. The number of ether oxygens (including phenoxy) is 1. The van der Waals surface area contributed by atoms with Crippen molar-refractivity contribution in [3.63, 3.8) is 0 Å². The molecule has 0 saturated carbocycles. The van der Waals surface area contributed by atoms with Crippen LogP contribution in [0.5, 0.6) is 0 Å². The lowest BCUT2D eigenvalue weighted by molar-refractivity contribution is 0.0601. The number of fused-ring (bicyclic) bond motifs is 1. The predicted molar refractivity (Wildman–Crippen MR) is 121 cm³/mol. The molecule has 6 heteroatoms. The summed E-state index contributed by atoms with van der Waals surface area (Å²) in [6.45, 7) is 2.94. The Kier molecular flexibility index (Phi) is 6.04. The van der Waals surface area contributed by atoms with Crippen molar-refractivity contribution in [1.82, 2.24) is 9.55 Å². The van der Waals surface area contributed by atoms with Gasteiger partial charge in [0, 0.05) is 36.3 Å². The van der Waals surface area contributed by atoms with E-state index in [1.807, 2.05) is 36.7 Å². The van der Waals surface area contributed by atoms with E-state index in [0.717, 1.165) is 52.6 Å². The molecule has 30 heavy (non-hydrogen) atoms. The summed E-state index contributed by atoms with van der Waals surface area (Å²) in [5, 5.41) is 0.970. The summed E-state index contributed by atoms with van der Waals surface area (Å²) in [6.07, 6.45) is 7.15. The molecule has 2 heterocycles. The van der Waals surface area contributed by atoms with Crippen LogP contribution in [-0.4, -0.2) is 22.6 Å². The maximum atomic E-state index is 12.2. The normalized spacial score (nSPS) is 11.2. The van der Waals surface area contributed by atoms with Gasteiger partial charge in [-0.1, -0.05) is 37.6 Å². The van der Waals surface area contributed by atoms with E-state index >= 15 is 0 Å². The molecular formula is C24H23BrN2O3. The van der Waals surface area contributed by atoms with Crippen LogP contribution in [0.3, 0.4) is 0 Å². The average Bonchev–Trinajstić information content (AvgIpc) is 3.35. The molecule has 0 N–H and O–H groups in total. The third-order valence-corrected chi connectivity index (χ3v) is 5.96. The van der Waals surface area contributed by atoms with E-state index in [1.165, 1.54) is 7.11 Å². The first-order valence-electron chi connectivity index (χ1n) is 10.0. The minimum absolute atomic E-state index is 0.390. The molecule has 154 valence electrons. The zero-order chi connectivity index (χ0) is 21.1. The van der Waals surface area contributed by atoms with E-state index in [1.54, 1.807) is 6.07 Å². The van der Waals surface area contributed by atoms with Crippen LogP contribution >= 0.6 is 15.9 Å². The van der Waals surface area contributed by atoms with Gasteiger partial charge in [0.25, 0.3) is 0 Å². The number of methoxy groups -OCH3 is 1. The highest BCUT2D eigenvalue weighted by Gasteiger charge is 2.20. The fourth-order valence-electron chi connectivity index (χ4n) is 3.60. The summed E-state index contributed by atoms with van der Waals surface area (Å²) < 4.78 is 14.1. The van der Waals surface area contributed by atoms with Crippen LogP contribution in [0, 0.1) is 0 Å². The lowest BCUT2D eigenvalue weighted by Gasteiger charge is -2.08. The number of furan rings is 1. The molecule has 4 rings (SSSR count). The highest BCUT2D eigenvalue weighted by Crippen LogP contribution is 2.39. The molecule has 0 aliphatic carbocycles. The first kappa shape index (κ1) is 20.4. The van der Waals surface area contributed by atoms with E-state index < -0.39 is 5.97 Å². The number of halogens is 1. The second kappa shape index (κ2) is 8.88. The Morgan fingerprint density at radius 2 is 2.07 bits per heavy atom. The van der Waals surface area contributed by atoms with Crippen molar-refractivity contribution >= 4 is 32.9 Å². The Bertz CT molecular complexity index is 1190. The number of hydrogen-bond donors (Lipinski definition) is 0. The summed E-state index contributed by atoms with van der Waals surface area (Å²) >= 11 is 3.69. The molecular weight excluding hydrogens is 444 g/mol. The molecule has 2 aromatic heterocycles. The van der Waals surface area contributed by atoms with Gasteiger partial charge in [-0.15, -0.1) is 0 Å². The summed E-state index contributed by atoms with van der Waals surface area (Å²) in [5.74, 6) is 1.34. The van der Waals surface area contributed by atoms with Crippen LogP contribution in [0.15, 0.2) is 63.7 Å². The lowest BCUT2D eigenvalue weighted by Crippen LogP contribution is -2.04. The topological polar surface area (TPSA) is 57.3 Å². The van der Waals surface area contributed by atoms with Crippen LogP contribution in [0.25, 0.3) is 22.3 Å². The standard InChI is InChI=1S/C24H23BrN2O3/c1-3-4-9-21-26-12-13-27(21)15-16-10-11-20-19(14-16)22(25)23(30-20)17-7-5-6-8-18(17)24(28)29-2/h5-8,10-14H,3-4,9,15H2,1-2H3. The van der Waals surface area contributed by atoms with Crippen molar-refractivity contribution in [2.45, 2.75) is 32.7 Å². The quantitative estimate of drug-likeness (QED) is 0.302. The number of unbranched alkanes of at least 4 members (excludes halogenated alkanes) is 1. The van der Waals surface area contributed by atoms with Gasteiger partial charge in [0.2, 0.25) is 0 Å². The van der Waals surface area contributed by atoms with E-state index in [-0.39, 0.29) is 0 Å². The molecule has 0 bridgehead atoms. The molecule has 0 saturated heterocycles. The van der Waals surface area contributed by atoms with Crippen LogP contribution in [0.1, 0.15) is 41.5 Å². The van der Waals surface area contributed by atoms with Crippen molar-refractivity contribution in [2.75, 3.05) is 7.11 Å². The summed E-state index contributed by atoms with van der Waals surface area (Å²) in [7, 11) is 1.38. The van der Waals surface area contributed by atoms with Crippen molar-refractivity contribution in [3.05, 3.63) is 76.3 Å². The number of carbonyl (C=O) groups is 1. The molecule has 2 aromatic carbocycles. The van der Waals surface area contributed by atoms with Crippen molar-refractivity contribution in [2.24, 2.45) is 0 Å². The summed E-state index contributed by atoms with van der Waals surface area (Å²) in [6, 6.07) is 13.5. The number of benzene rings is 2. The Morgan fingerprint density at radius 1 is 1.23 bits per heavy atom. The fraction of sp³-hybridized carbons (Fsp3) is 0.250. The third-order valence-electron chi connectivity index (χ3n) is 5.18. The first-order chi connectivity index (χ1) is 14.6. The molecule has 0 aliphatic rings. The van der Waals surface area contributed by atoms with Gasteiger partial charge < -0.3 is 13.7 Å². The van der Waals surface area contributed by atoms with E-state index in [9.17, 15) is 4.79 Å². The van der Waals surface area contributed by atoms with Crippen molar-refractivity contribution in [1.29, 1.82) is 0 Å². The minimum atomic E-state index is -0.390. The van der Waals surface area contributed by atoms with Gasteiger partial charge in [-0.2, -0.15) is 0 Å². The summed E-state index contributed by atoms with van der Waals surface area (Å²) in [5.41, 5.74) is 3.09. The molecule has 0 atom stereocenters. The highest BCUT2D eigenvalue weighted by atomic mass is 79.9. The summed E-state index contributed by atoms with van der Waals surface area (Å²) in [4.78, 5) is 16.7. The van der Waals surface area contributed by atoms with Gasteiger partial charge in [-0.25, -0.2) is 9.78 Å². The lowest BCUT2D eigenvalue weighted by atomic mass is 10.0. The zero-order valence-electron chi connectivity index (χ0n) is 17.0. The van der Waals surface area contributed by atoms with Gasteiger partial charge in [0.1, 0.15) is 17.2 Å². The Hall–Kier alpha value is -2.86. The Morgan fingerprint density at radius 3 is 2.87 bits per heavy atom. The third kappa shape index (κ3) is 3.92. The smallest absolute Gasteiger partial charge is 0.338 e. The molecule has 0 radical (unpaired) electrons. The maximum Gasteiger partial charge on any atom is 0.338 e. The first-order valence-corrected chi connectivity index (χ1v) is 10.8. The predicted octanol–water partition coefficient (Wildman–Crippen LogP) is 6.24. The van der Waals surface area contributed by atoms with Crippen molar-refractivity contribution < 1.29 is 13.9 Å². The number of carbonyl (C=O) groups excluding carboxylic acids is 1. The fourth-order valence-corrected chi connectivity index (χ4v) is 4.20. The van der Waals surface area contributed by atoms with Crippen LogP contribution in [-0.2, 0) is 17.7 Å². The number of aryl methyl sites for hydroxylation is 1. The average molecular weight is 467 g/mol. The SMILES string of the molecule is CCCCc1nccn1Cc1ccc2oc(-c3ccccc3C(=O)OC)c(Br)c2c1. The Balaban J connectivity index is 1.70. The largest absolute Gasteiger partial charge is 0.465 e. The van der Waals surface area contributed by atoms with Gasteiger partial charge >= 0.3 is 5.97 Å². The van der Waals surface area contributed by atoms with Crippen LogP contribution in [0.4, 0.5) is 0 Å². The van der Waals surface area contributed by atoms with E-state index in [4.69, 9.17) is 9.15 Å². The van der Waals surface area contributed by atoms with Crippen LogP contribution < -0.4 is 0 Å². The zero-order valence-corrected chi connectivity index (χ0v) is 18.6. The second-order valence-electron chi connectivity index (χ2n) is 7.19. The number of aromatic nitrogens is 2. The number of hydrogen-bond acceptors (Lipinski definition) is 4. The number of imidazole rings is 1. The number of rotatable bonds is 7. The monoisotopic (exact) mass is 466 g/mol. The number of esters is 1. The molecule has 0 spiro atoms. The van der Waals surface area contributed by atoms with Gasteiger partial charge in [-0.05, 0) is 46.1 Å². The Labute approximate surface area is 183 Å². The highest BCUT2D eigenvalue weighted by molar-refractivity contribution is 9.10. The van der Waals surface area contributed by atoms with E-state index in [0.29, 0.717) is 16.9 Å². The second-order valence-corrected chi connectivity index (χ2v) is 7.98. The van der Waals surface area contributed by atoms with Gasteiger partial charge in [0.05, 0.1) is 17.1 Å². The van der Waals surface area contributed by atoms with Crippen molar-refractivity contribution in [3.8, 4) is 11.3 Å². The molecule has 4 aromatic rings. The van der Waals surface area contributed by atoms with Gasteiger partial charge in [-0.3, -0.25) is 0 Å². The van der Waals surface area contributed by atoms with Crippen LogP contribution in [0.2, 0.25) is 0 Å². The molecule has 5 nitrogen and oxygen atoms in total. The molecule has 0 fully saturated rings. The maximum absolute atomic E-state index is 12.2. The van der Waals surface area contributed by atoms with E-state index in [2.05, 4.69) is 44.5 Å².